The highest BCUT2D eigenvalue weighted by molar-refractivity contribution is 7.47. The Morgan fingerprint density at radius 2 is 0.985 bits per heavy atom. The number of carbonyl (C=O) groups excluding carboxylic acids is 2. The molecule has 1 saturated carbocycles. The van der Waals surface area contributed by atoms with Crippen LogP contribution in [0.4, 0.5) is 0 Å². The third-order valence-corrected chi connectivity index (χ3v) is 13.5. The molecule has 0 amide bonds. The molecule has 9 N–H and O–H groups in total. The summed E-state index contributed by atoms with van der Waals surface area (Å²) in [6, 6.07) is 0. The second kappa shape index (κ2) is 36.3. The van der Waals surface area contributed by atoms with E-state index in [1.807, 2.05) is 0 Å². The minimum Gasteiger partial charge on any atom is -0.462 e. The number of allylic oxidation sites excluding steroid dienone is 2. The summed E-state index contributed by atoms with van der Waals surface area (Å²) >= 11 is 0. The predicted molar refractivity (Wildman–Crippen MR) is 249 cm³/mol. The van der Waals surface area contributed by atoms with E-state index in [0.717, 1.165) is 51.4 Å². The van der Waals surface area contributed by atoms with Gasteiger partial charge in [0.2, 0.25) is 0 Å². The minimum absolute atomic E-state index is 0.0157. The number of phosphoric acid groups is 1. The van der Waals surface area contributed by atoms with Crippen LogP contribution in [-0.2, 0) is 42.1 Å². The average Bonchev–Trinajstić information content (AvgIpc) is 3.31. The van der Waals surface area contributed by atoms with Crippen molar-refractivity contribution in [1.82, 2.24) is 0 Å². The van der Waals surface area contributed by atoms with Gasteiger partial charge < -0.3 is 64.7 Å². The largest absolute Gasteiger partial charge is 0.472 e. The zero-order valence-corrected chi connectivity index (χ0v) is 41.3. The van der Waals surface area contributed by atoms with Gasteiger partial charge in [0.1, 0.15) is 67.6 Å². The molecule has 2 rings (SSSR count). The van der Waals surface area contributed by atoms with E-state index in [4.69, 9.17) is 28.0 Å². The van der Waals surface area contributed by atoms with E-state index < -0.39 is 113 Å². The zero-order valence-electron chi connectivity index (χ0n) is 40.4. The molecule has 1 saturated heterocycles. The highest BCUT2D eigenvalue weighted by atomic mass is 31.2. The van der Waals surface area contributed by atoms with Crippen LogP contribution in [-0.4, -0.2) is 151 Å². The molecule has 2 fully saturated rings. The Morgan fingerprint density at radius 3 is 1.49 bits per heavy atom. The summed E-state index contributed by atoms with van der Waals surface area (Å²) in [5, 5.41) is 82.9. The molecule has 0 aromatic heterocycles. The van der Waals surface area contributed by atoms with E-state index in [-0.39, 0.29) is 12.8 Å². The van der Waals surface area contributed by atoms with Gasteiger partial charge in [-0.2, -0.15) is 0 Å². The summed E-state index contributed by atoms with van der Waals surface area (Å²) in [7, 11) is -5.37. The normalized spacial score (nSPS) is 28.1. The number of aliphatic hydroxyl groups excluding tert-OH is 8. The first-order valence-corrected chi connectivity index (χ1v) is 27.0. The fraction of sp³-hybridized carbons (Fsp3) is 0.917. The summed E-state index contributed by atoms with van der Waals surface area (Å²) < 4.78 is 45.4. The molecular weight excluding hydrogens is 895 g/mol. The molecule has 0 bridgehead atoms. The molecule has 0 aromatic carbocycles. The van der Waals surface area contributed by atoms with Crippen LogP contribution in [0.15, 0.2) is 12.2 Å². The third-order valence-electron chi connectivity index (χ3n) is 12.5. The first-order chi connectivity index (χ1) is 32.2. The van der Waals surface area contributed by atoms with Gasteiger partial charge in [0.05, 0.1) is 13.2 Å². The maximum absolute atomic E-state index is 13.4. The Bertz CT molecular complexity index is 1360. The van der Waals surface area contributed by atoms with Crippen LogP contribution in [0, 0.1) is 0 Å². The Hall–Kier alpha value is -1.61. The SMILES string of the molecule is CCCCCCCCCC=CCCCCCC(=O)OC(COC(=O)CCCCCCCCCCCCCCC)COP(=O)(O)OC1C(O)C(O)C(O)C(O)C1OC1OC(CO)C(O)C(O)C1O. The highest BCUT2D eigenvalue weighted by Crippen LogP contribution is 2.48. The van der Waals surface area contributed by atoms with Gasteiger partial charge in [0, 0.05) is 12.8 Å². The number of hydrogen-bond donors (Lipinski definition) is 9. The van der Waals surface area contributed by atoms with Crippen molar-refractivity contribution in [2.45, 2.75) is 261 Å². The Balaban J connectivity index is 1.96. The lowest BCUT2D eigenvalue weighted by Crippen LogP contribution is -2.67. The van der Waals surface area contributed by atoms with Crippen LogP contribution >= 0.6 is 7.82 Å². The summed E-state index contributed by atoms with van der Waals surface area (Å²) in [5.41, 5.74) is 0. The second-order valence-corrected chi connectivity index (χ2v) is 19.8. The topological polar surface area (TPSA) is 289 Å². The van der Waals surface area contributed by atoms with Crippen molar-refractivity contribution in [3.8, 4) is 0 Å². The van der Waals surface area contributed by atoms with Crippen LogP contribution in [0.1, 0.15) is 187 Å². The molecule has 19 heteroatoms. The van der Waals surface area contributed by atoms with Crippen molar-refractivity contribution in [2.75, 3.05) is 19.8 Å². The molecule has 13 atom stereocenters. The van der Waals surface area contributed by atoms with E-state index in [0.29, 0.717) is 12.8 Å². The summed E-state index contributed by atoms with van der Waals surface area (Å²) in [4.78, 5) is 36.5. The van der Waals surface area contributed by atoms with E-state index in [9.17, 15) is 59.9 Å². The first kappa shape index (κ1) is 61.5. The monoisotopic (exact) mass is 985 g/mol. The second-order valence-electron chi connectivity index (χ2n) is 18.4. The number of aliphatic hydroxyl groups is 8. The van der Waals surface area contributed by atoms with E-state index in [2.05, 4.69) is 26.0 Å². The lowest BCUT2D eigenvalue weighted by atomic mass is 9.84. The number of phosphoric ester groups is 1. The van der Waals surface area contributed by atoms with E-state index in [1.165, 1.54) is 96.3 Å². The highest BCUT2D eigenvalue weighted by Gasteiger charge is 2.55. The molecule has 0 spiro atoms. The molecule has 1 aliphatic heterocycles. The number of unbranched alkanes of at least 4 members (excludes halogenated alkanes) is 22. The molecule has 1 aliphatic carbocycles. The Morgan fingerprint density at radius 1 is 0.552 bits per heavy atom. The number of ether oxygens (including phenoxy) is 4. The smallest absolute Gasteiger partial charge is 0.462 e. The molecule has 2 aliphatic rings. The summed E-state index contributed by atoms with van der Waals surface area (Å²) in [6.07, 6.45) is 8.70. The summed E-state index contributed by atoms with van der Waals surface area (Å²) in [6.45, 7) is 2.21. The Labute approximate surface area is 399 Å². The molecule has 18 nitrogen and oxygen atoms in total. The Kier molecular flexibility index (Phi) is 33.4. The van der Waals surface area contributed by atoms with Crippen molar-refractivity contribution < 1.29 is 87.9 Å². The van der Waals surface area contributed by atoms with Crippen LogP contribution in [0.2, 0.25) is 0 Å². The van der Waals surface area contributed by atoms with Gasteiger partial charge in [-0.3, -0.25) is 18.6 Å². The van der Waals surface area contributed by atoms with Crippen LogP contribution < -0.4 is 0 Å². The maximum Gasteiger partial charge on any atom is 0.472 e. The molecule has 0 aromatic rings. The predicted octanol–water partition coefficient (Wildman–Crippen LogP) is 5.71. The van der Waals surface area contributed by atoms with Crippen molar-refractivity contribution in [2.24, 2.45) is 0 Å². The van der Waals surface area contributed by atoms with Gasteiger partial charge in [-0.25, -0.2) is 4.57 Å². The number of carbonyl (C=O) groups is 2. The van der Waals surface area contributed by atoms with Crippen molar-refractivity contribution in [3.63, 3.8) is 0 Å². The lowest BCUT2D eigenvalue weighted by molar-refractivity contribution is -0.338. The van der Waals surface area contributed by atoms with Gasteiger partial charge in [0.25, 0.3) is 0 Å². The lowest BCUT2D eigenvalue weighted by Gasteiger charge is -2.47. The molecule has 67 heavy (non-hydrogen) atoms. The molecule has 1 heterocycles. The standard InChI is InChI=1S/C48H89O18P/c1-3-5-7-9-11-13-15-17-19-21-23-25-27-29-31-38(51)63-35(33-61-37(50)30-28-26-24-22-20-18-16-14-12-10-8-6-4-2)34-62-67(59,60)66-47-44(57)42(55)41(54)43(56)46(47)65-48-45(58)40(53)39(52)36(32-49)64-48/h19,21,35-36,39-49,52-58H,3-18,20,22-34H2,1-2H3,(H,59,60). The van der Waals surface area contributed by atoms with Crippen molar-refractivity contribution >= 4 is 19.8 Å². The molecular formula is C48H89O18P. The number of hydrogen-bond acceptors (Lipinski definition) is 17. The minimum atomic E-state index is -5.37. The first-order valence-electron chi connectivity index (χ1n) is 25.5. The van der Waals surface area contributed by atoms with Crippen LogP contribution in [0.3, 0.4) is 0 Å². The molecule has 0 radical (unpaired) electrons. The molecule has 13 unspecified atom stereocenters. The summed E-state index contributed by atoms with van der Waals surface area (Å²) in [5.74, 6) is -1.23. The third kappa shape index (κ3) is 25.4. The van der Waals surface area contributed by atoms with Crippen molar-refractivity contribution in [1.29, 1.82) is 0 Å². The quantitative estimate of drug-likeness (QED) is 0.0154. The average molecular weight is 985 g/mol. The van der Waals surface area contributed by atoms with Crippen LogP contribution in [0.5, 0.6) is 0 Å². The van der Waals surface area contributed by atoms with Gasteiger partial charge in [0.15, 0.2) is 12.4 Å². The van der Waals surface area contributed by atoms with Crippen LogP contribution in [0.25, 0.3) is 0 Å². The van der Waals surface area contributed by atoms with Gasteiger partial charge in [-0.15, -0.1) is 0 Å². The van der Waals surface area contributed by atoms with Gasteiger partial charge >= 0.3 is 19.8 Å². The molecule has 394 valence electrons. The van der Waals surface area contributed by atoms with E-state index in [1.54, 1.807) is 0 Å². The number of rotatable bonds is 39. The van der Waals surface area contributed by atoms with Crippen molar-refractivity contribution in [3.05, 3.63) is 12.2 Å². The fourth-order valence-electron chi connectivity index (χ4n) is 8.23. The van der Waals surface area contributed by atoms with E-state index >= 15 is 0 Å². The zero-order chi connectivity index (χ0) is 49.5. The maximum atomic E-state index is 13.4. The fourth-order valence-corrected chi connectivity index (χ4v) is 9.20. The number of esters is 2. The van der Waals surface area contributed by atoms with Gasteiger partial charge in [-0.1, -0.05) is 148 Å². The van der Waals surface area contributed by atoms with Gasteiger partial charge in [-0.05, 0) is 38.5 Å².